The molecule has 0 saturated carbocycles. The summed E-state index contributed by atoms with van der Waals surface area (Å²) in [6, 6.07) is 0.272. The van der Waals surface area contributed by atoms with Crippen molar-refractivity contribution in [3.63, 3.8) is 0 Å². The molecule has 0 amide bonds. The third-order valence-electron chi connectivity index (χ3n) is 3.71. The first-order valence-electron chi connectivity index (χ1n) is 6.30. The van der Waals surface area contributed by atoms with Crippen LogP contribution in [-0.4, -0.2) is 49.3 Å². The first-order valence-corrected chi connectivity index (χ1v) is 6.30. The molecule has 3 nitrogen and oxygen atoms in total. The van der Waals surface area contributed by atoms with Crippen molar-refractivity contribution in [2.45, 2.75) is 38.6 Å². The summed E-state index contributed by atoms with van der Waals surface area (Å²) in [6.45, 7) is 6.17. The highest BCUT2D eigenvalue weighted by Gasteiger charge is 2.17. The minimum Gasteiger partial charge on any atom is -0.395 e. The molecule has 1 aliphatic rings. The molecule has 1 unspecified atom stereocenters. The highest BCUT2D eigenvalue weighted by atomic mass is 16.3. The van der Waals surface area contributed by atoms with Crippen LogP contribution >= 0.6 is 0 Å². The Kier molecular flexibility index (Phi) is 6.22. The van der Waals surface area contributed by atoms with Gasteiger partial charge in [0.15, 0.2) is 0 Å². The molecule has 1 saturated heterocycles. The third kappa shape index (κ3) is 4.49. The zero-order valence-electron chi connectivity index (χ0n) is 10.2. The molecule has 0 radical (unpaired) electrons. The van der Waals surface area contributed by atoms with Gasteiger partial charge in [0, 0.05) is 6.04 Å². The lowest BCUT2D eigenvalue weighted by atomic mass is 9.94. The maximum atomic E-state index is 9.05. The first kappa shape index (κ1) is 12.9. The molecule has 0 aromatic heterocycles. The Labute approximate surface area is 93.9 Å². The van der Waals surface area contributed by atoms with Crippen LogP contribution in [0.2, 0.25) is 0 Å². The van der Waals surface area contributed by atoms with Crippen LogP contribution in [0.25, 0.3) is 0 Å². The summed E-state index contributed by atoms with van der Waals surface area (Å²) in [5, 5.41) is 12.2. The van der Waals surface area contributed by atoms with Gasteiger partial charge in [-0.15, -0.1) is 0 Å². The number of nitrogens with one attached hydrogen (secondary N) is 1. The van der Waals surface area contributed by atoms with E-state index < -0.39 is 0 Å². The number of likely N-dealkylation sites (N-methyl/N-ethyl adjacent to an activating group) is 1. The van der Waals surface area contributed by atoms with E-state index >= 15 is 0 Å². The predicted octanol–water partition coefficient (Wildman–Crippen LogP) is 1.08. The summed E-state index contributed by atoms with van der Waals surface area (Å²) in [5.74, 6) is 0.958. The van der Waals surface area contributed by atoms with Gasteiger partial charge in [-0.1, -0.05) is 13.3 Å². The van der Waals surface area contributed by atoms with Crippen molar-refractivity contribution in [1.29, 1.82) is 0 Å². The molecule has 0 aliphatic carbocycles. The number of likely N-dealkylation sites (tertiary alicyclic amines) is 1. The van der Waals surface area contributed by atoms with Crippen molar-refractivity contribution in [1.82, 2.24) is 10.2 Å². The quantitative estimate of drug-likeness (QED) is 0.694. The van der Waals surface area contributed by atoms with Crippen LogP contribution in [0.4, 0.5) is 0 Å². The van der Waals surface area contributed by atoms with E-state index in [9.17, 15) is 0 Å². The fraction of sp³-hybridized carbons (Fsp3) is 1.00. The Hall–Kier alpha value is -0.120. The van der Waals surface area contributed by atoms with Crippen molar-refractivity contribution in [2.75, 3.05) is 33.3 Å². The van der Waals surface area contributed by atoms with Crippen LogP contribution in [0.15, 0.2) is 0 Å². The maximum Gasteiger partial charge on any atom is 0.0585 e. The Morgan fingerprint density at radius 3 is 2.53 bits per heavy atom. The van der Waals surface area contributed by atoms with Gasteiger partial charge in [0.2, 0.25) is 0 Å². The molecule has 1 fully saturated rings. The normalized spacial score (nSPS) is 21.8. The van der Waals surface area contributed by atoms with Crippen molar-refractivity contribution < 1.29 is 5.11 Å². The monoisotopic (exact) mass is 214 g/mol. The minimum absolute atomic E-state index is 0.252. The number of rotatable bonds is 6. The van der Waals surface area contributed by atoms with Crippen LogP contribution in [0, 0.1) is 5.92 Å². The van der Waals surface area contributed by atoms with E-state index in [4.69, 9.17) is 5.11 Å². The molecule has 0 spiro atoms. The lowest BCUT2D eigenvalue weighted by Gasteiger charge is -2.32. The van der Waals surface area contributed by atoms with Gasteiger partial charge in [-0.25, -0.2) is 0 Å². The average Bonchev–Trinajstić information content (AvgIpc) is 2.31. The number of hydrogen-bond acceptors (Lipinski definition) is 3. The van der Waals surface area contributed by atoms with Crippen molar-refractivity contribution in [3.05, 3.63) is 0 Å². The summed E-state index contributed by atoms with van der Waals surface area (Å²) in [5.41, 5.74) is 0. The van der Waals surface area contributed by atoms with E-state index in [1.54, 1.807) is 0 Å². The lowest BCUT2D eigenvalue weighted by molar-refractivity contribution is 0.163. The molecule has 3 heteroatoms. The van der Waals surface area contributed by atoms with Crippen LogP contribution in [0.3, 0.4) is 0 Å². The van der Waals surface area contributed by atoms with E-state index in [-0.39, 0.29) is 12.6 Å². The fourth-order valence-electron chi connectivity index (χ4n) is 2.28. The molecule has 0 bridgehead atoms. The molecule has 1 heterocycles. The second kappa shape index (κ2) is 7.20. The summed E-state index contributed by atoms with van der Waals surface area (Å²) >= 11 is 0. The number of hydrogen-bond donors (Lipinski definition) is 2. The minimum atomic E-state index is 0.252. The van der Waals surface area contributed by atoms with E-state index in [0.29, 0.717) is 0 Å². The molecule has 90 valence electrons. The molecular formula is C12H26N2O. The smallest absolute Gasteiger partial charge is 0.0585 e. The van der Waals surface area contributed by atoms with Crippen molar-refractivity contribution in [3.8, 4) is 0 Å². The van der Waals surface area contributed by atoms with Gasteiger partial charge in [-0.3, -0.25) is 0 Å². The molecular weight excluding hydrogens is 188 g/mol. The zero-order chi connectivity index (χ0) is 11.1. The summed E-state index contributed by atoms with van der Waals surface area (Å²) in [4.78, 5) is 2.53. The highest BCUT2D eigenvalue weighted by Crippen LogP contribution is 2.19. The lowest BCUT2D eigenvalue weighted by Crippen LogP contribution is -2.38. The fourth-order valence-corrected chi connectivity index (χ4v) is 2.28. The Balaban J connectivity index is 2.12. The number of aliphatic hydroxyl groups is 1. The molecule has 1 aliphatic heterocycles. The summed E-state index contributed by atoms with van der Waals surface area (Å²) < 4.78 is 0. The van der Waals surface area contributed by atoms with Gasteiger partial charge >= 0.3 is 0 Å². The summed E-state index contributed by atoms with van der Waals surface area (Å²) in [6.07, 6.45) is 5.12. The molecule has 1 atom stereocenters. The molecule has 0 aromatic carbocycles. The number of nitrogens with zero attached hydrogens (tertiary/aromatic N) is 1. The second-order valence-electron chi connectivity index (χ2n) is 4.65. The molecule has 2 N–H and O–H groups in total. The predicted molar refractivity (Wildman–Crippen MR) is 64.0 cm³/mol. The van der Waals surface area contributed by atoms with Crippen molar-refractivity contribution in [2.24, 2.45) is 5.92 Å². The average molecular weight is 214 g/mol. The van der Waals surface area contributed by atoms with Gasteiger partial charge in [0.05, 0.1) is 6.61 Å². The van der Waals surface area contributed by atoms with E-state index in [0.717, 1.165) is 18.9 Å². The molecule has 0 aromatic rings. The SMILES string of the molecule is CCC1CCN(CCC(CO)NC)CC1. The largest absolute Gasteiger partial charge is 0.395 e. The Bertz CT molecular complexity index is 152. The standard InChI is InChI=1S/C12H26N2O/c1-3-11-4-7-14(8-5-11)9-6-12(10-15)13-2/h11-13,15H,3-10H2,1-2H3. The Morgan fingerprint density at radius 1 is 1.40 bits per heavy atom. The van der Waals surface area contributed by atoms with Crippen molar-refractivity contribution >= 4 is 0 Å². The zero-order valence-corrected chi connectivity index (χ0v) is 10.2. The van der Waals surface area contributed by atoms with Gasteiger partial charge < -0.3 is 15.3 Å². The second-order valence-corrected chi connectivity index (χ2v) is 4.65. The number of aliphatic hydroxyl groups excluding tert-OH is 1. The summed E-state index contributed by atoms with van der Waals surface area (Å²) in [7, 11) is 1.92. The topological polar surface area (TPSA) is 35.5 Å². The first-order chi connectivity index (χ1) is 7.30. The van der Waals surface area contributed by atoms with Gasteiger partial charge in [-0.2, -0.15) is 0 Å². The van der Waals surface area contributed by atoms with E-state index in [1.165, 1.54) is 32.4 Å². The highest BCUT2D eigenvalue weighted by molar-refractivity contribution is 4.73. The van der Waals surface area contributed by atoms with Crippen LogP contribution in [-0.2, 0) is 0 Å². The molecule has 15 heavy (non-hydrogen) atoms. The van der Waals surface area contributed by atoms with Crippen LogP contribution in [0.5, 0.6) is 0 Å². The maximum absolute atomic E-state index is 9.05. The van der Waals surface area contributed by atoms with E-state index in [2.05, 4.69) is 17.1 Å². The van der Waals surface area contributed by atoms with Gasteiger partial charge in [0.1, 0.15) is 0 Å². The number of piperidine rings is 1. The third-order valence-corrected chi connectivity index (χ3v) is 3.71. The van der Waals surface area contributed by atoms with Crippen LogP contribution < -0.4 is 5.32 Å². The Morgan fingerprint density at radius 2 is 2.07 bits per heavy atom. The van der Waals surface area contributed by atoms with E-state index in [1.807, 2.05) is 7.05 Å². The molecule has 1 rings (SSSR count). The van der Waals surface area contributed by atoms with Gasteiger partial charge in [0.25, 0.3) is 0 Å². The van der Waals surface area contributed by atoms with Gasteiger partial charge in [-0.05, 0) is 51.9 Å². The van der Waals surface area contributed by atoms with Crippen LogP contribution in [0.1, 0.15) is 32.6 Å².